The average molecular weight is 563 g/mol. The van der Waals surface area contributed by atoms with Crippen LogP contribution in [0.15, 0.2) is 24.3 Å². The van der Waals surface area contributed by atoms with E-state index in [1.54, 1.807) is 6.07 Å². The lowest BCUT2D eigenvalue weighted by molar-refractivity contribution is -0.383. The van der Waals surface area contributed by atoms with E-state index in [-0.39, 0.29) is 0 Å². The molecule has 0 unspecified atom stereocenters. The van der Waals surface area contributed by atoms with Crippen molar-refractivity contribution < 1.29 is 60.2 Å². The number of hydrogen-bond donors (Lipinski definition) is 9. The van der Waals surface area contributed by atoms with Crippen molar-refractivity contribution in [1.29, 1.82) is 0 Å². The molecule has 2 saturated heterocycles. The summed E-state index contributed by atoms with van der Waals surface area (Å²) in [5.74, 6) is -1.77. The molecule has 1 aromatic rings. The highest BCUT2D eigenvalue weighted by Crippen LogP contribution is 2.35. The molecule has 2 heterocycles. The maximum Gasteiger partial charge on any atom is 0.224 e. The topological polar surface area (TPSA) is 210 Å². The third kappa shape index (κ3) is 9.03. The zero-order valence-corrected chi connectivity index (χ0v) is 22.5. The summed E-state index contributed by atoms with van der Waals surface area (Å²) in [5, 5.41) is 86.2. The second-order valence-corrected chi connectivity index (χ2v) is 10.1. The van der Waals surface area contributed by atoms with Crippen LogP contribution >= 0.6 is 0 Å². The fourth-order valence-electron chi connectivity index (χ4n) is 4.63. The van der Waals surface area contributed by atoms with E-state index in [0.29, 0.717) is 5.75 Å². The number of aliphatic hydroxyl groups excluding tert-OH is 8. The molecule has 12 nitrogen and oxygen atoms in total. The zero-order chi connectivity index (χ0) is 29.0. The van der Waals surface area contributed by atoms with E-state index in [1.165, 1.54) is 44.9 Å². The highest BCUT2D eigenvalue weighted by Gasteiger charge is 2.58. The number of benzene rings is 1. The first-order valence-corrected chi connectivity index (χ1v) is 13.7. The second-order valence-electron chi connectivity index (χ2n) is 10.1. The predicted molar refractivity (Wildman–Crippen MR) is 138 cm³/mol. The van der Waals surface area contributed by atoms with E-state index in [1.807, 2.05) is 18.2 Å². The summed E-state index contributed by atoms with van der Waals surface area (Å²) < 4.78 is 15.4. The molecule has 9 atom stereocenters. The molecule has 3 rings (SSSR count). The van der Waals surface area contributed by atoms with Gasteiger partial charge < -0.3 is 60.2 Å². The van der Waals surface area contributed by atoms with E-state index in [9.17, 15) is 35.7 Å². The van der Waals surface area contributed by atoms with Gasteiger partial charge in [-0.25, -0.2) is 0 Å². The van der Waals surface area contributed by atoms with E-state index in [0.717, 1.165) is 12.0 Å². The molecule has 0 spiro atoms. The van der Waals surface area contributed by atoms with Gasteiger partial charge in [0.15, 0.2) is 6.29 Å². The summed E-state index contributed by atoms with van der Waals surface area (Å²) in [6.07, 6.45) is -2.37. The van der Waals surface area contributed by atoms with Crippen LogP contribution in [0.25, 0.3) is 0 Å². The van der Waals surface area contributed by atoms with Crippen LogP contribution < -0.4 is 0 Å². The van der Waals surface area contributed by atoms with E-state index >= 15 is 0 Å². The maximum absolute atomic E-state index is 10.00. The number of unbranched alkanes of at least 4 members (excludes halogenated alkanes) is 6. The Labute approximate surface area is 229 Å². The zero-order valence-electron chi connectivity index (χ0n) is 22.5. The molecule has 226 valence electrons. The number of aryl methyl sites for hydroxylation is 1. The molecular formula is C27H46O12. The maximum atomic E-state index is 10.00. The van der Waals surface area contributed by atoms with E-state index < -0.39 is 74.6 Å². The molecule has 0 aromatic heterocycles. The van der Waals surface area contributed by atoms with Gasteiger partial charge >= 0.3 is 0 Å². The summed E-state index contributed by atoms with van der Waals surface area (Å²) in [7, 11) is 0. The second kappa shape index (κ2) is 16.7. The van der Waals surface area contributed by atoms with Gasteiger partial charge in [0.25, 0.3) is 0 Å². The molecule has 39 heavy (non-hydrogen) atoms. The summed E-state index contributed by atoms with van der Waals surface area (Å²) in [6.45, 7) is -0.0742. The van der Waals surface area contributed by atoms with E-state index in [4.69, 9.17) is 24.4 Å². The van der Waals surface area contributed by atoms with Crippen molar-refractivity contribution in [3.05, 3.63) is 29.8 Å². The molecule has 0 aliphatic carbocycles. The molecule has 0 radical (unpaired) electrons. The number of ether oxygens (including phenoxy) is 3. The number of aliphatic hydroxyl groups is 8. The number of aromatic hydroxyl groups is 1. The monoisotopic (exact) mass is 562 g/mol. The Morgan fingerprint density at radius 2 is 1.38 bits per heavy atom. The summed E-state index contributed by atoms with van der Waals surface area (Å²) in [5.41, 5.74) is 1.09. The Hall–Kier alpha value is -1.42. The SMILES string of the molecule is CCCCCCCCCc1ccccc1O.OC[C@H]1O[C@@](CO)(O[C@H]2O[C@H](CO)[C@@H](O)[C@H](O)[C@H]2O)[C@@H](O)[C@@H]1O. The molecule has 0 saturated carbocycles. The molecule has 0 bridgehead atoms. The summed E-state index contributed by atoms with van der Waals surface area (Å²) in [6, 6.07) is 7.67. The van der Waals surface area contributed by atoms with Crippen LogP contribution in [0.2, 0.25) is 0 Å². The molecule has 1 aromatic carbocycles. The predicted octanol–water partition coefficient (Wildman–Crippen LogP) is -0.710. The summed E-state index contributed by atoms with van der Waals surface area (Å²) in [4.78, 5) is 0. The lowest BCUT2D eigenvalue weighted by Crippen LogP contribution is -2.62. The minimum absolute atomic E-state index is 0.452. The lowest BCUT2D eigenvalue weighted by Gasteiger charge is -2.43. The van der Waals surface area contributed by atoms with E-state index in [2.05, 4.69) is 6.92 Å². The Kier molecular flexibility index (Phi) is 14.5. The Bertz CT molecular complexity index is 811. The van der Waals surface area contributed by atoms with Gasteiger partial charge in [-0.05, 0) is 24.5 Å². The quantitative estimate of drug-likeness (QED) is 0.137. The van der Waals surface area contributed by atoms with Crippen LogP contribution in [0.3, 0.4) is 0 Å². The van der Waals surface area contributed by atoms with Gasteiger partial charge in [-0.1, -0.05) is 63.6 Å². The normalized spacial score (nSPS) is 34.5. The van der Waals surface area contributed by atoms with Crippen LogP contribution in [0.5, 0.6) is 5.75 Å². The lowest BCUT2D eigenvalue weighted by atomic mass is 9.99. The van der Waals surface area contributed by atoms with Crippen molar-refractivity contribution in [3.63, 3.8) is 0 Å². The molecule has 2 aliphatic heterocycles. The van der Waals surface area contributed by atoms with Gasteiger partial charge in [-0.15, -0.1) is 0 Å². The van der Waals surface area contributed by atoms with Crippen LogP contribution in [0.1, 0.15) is 57.4 Å². The molecule has 12 heteroatoms. The minimum Gasteiger partial charge on any atom is -0.508 e. The van der Waals surface area contributed by atoms with Gasteiger partial charge in [0, 0.05) is 0 Å². The van der Waals surface area contributed by atoms with Crippen molar-refractivity contribution in [1.82, 2.24) is 0 Å². The molecule has 0 amide bonds. The number of phenols is 1. The minimum atomic E-state index is -2.22. The van der Waals surface area contributed by atoms with Crippen molar-refractivity contribution >= 4 is 0 Å². The largest absolute Gasteiger partial charge is 0.508 e. The third-order valence-electron chi connectivity index (χ3n) is 7.11. The highest BCUT2D eigenvalue weighted by atomic mass is 16.8. The first-order chi connectivity index (χ1) is 18.6. The van der Waals surface area contributed by atoms with Gasteiger partial charge in [-0.3, -0.25) is 0 Å². The smallest absolute Gasteiger partial charge is 0.224 e. The Balaban J connectivity index is 0.000000293. The van der Waals surface area contributed by atoms with Gasteiger partial charge in [0.05, 0.1) is 13.2 Å². The number of para-hydroxylation sites is 1. The van der Waals surface area contributed by atoms with Gasteiger partial charge in [0.1, 0.15) is 55.1 Å². The first-order valence-electron chi connectivity index (χ1n) is 13.7. The van der Waals surface area contributed by atoms with Crippen LogP contribution in [0.4, 0.5) is 0 Å². The number of hydrogen-bond acceptors (Lipinski definition) is 12. The summed E-state index contributed by atoms with van der Waals surface area (Å²) >= 11 is 0. The molecular weight excluding hydrogens is 516 g/mol. The molecule has 9 N–H and O–H groups in total. The fraction of sp³-hybridized carbons (Fsp3) is 0.778. The van der Waals surface area contributed by atoms with Crippen LogP contribution in [-0.2, 0) is 20.6 Å². The van der Waals surface area contributed by atoms with Gasteiger partial charge in [0.2, 0.25) is 5.79 Å². The molecule has 2 aliphatic rings. The van der Waals surface area contributed by atoms with Crippen molar-refractivity contribution in [2.75, 3.05) is 19.8 Å². The highest BCUT2D eigenvalue weighted by molar-refractivity contribution is 5.31. The third-order valence-corrected chi connectivity index (χ3v) is 7.11. The fourth-order valence-corrected chi connectivity index (χ4v) is 4.63. The number of rotatable bonds is 13. The van der Waals surface area contributed by atoms with Gasteiger partial charge in [-0.2, -0.15) is 0 Å². The standard InChI is InChI=1S/C15H24O.C12H22O11/c1-2-3-4-5-6-7-8-11-14-12-9-10-13-15(14)16;13-1-4-6(16)8(18)9(19)11(21-4)23-12(3-15)10(20)7(17)5(2-14)22-12/h9-10,12-13,16H,2-8,11H2,1H3;4-11,13-20H,1-3H2/t;4-,5-,6-,7-,8+,9-,10+,11-,12+/m.1/s1. The van der Waals surface area contributed by atoms with Crippen molar-refractivity contribution in [2.45, 2.75) is 113 Å². The van der Waals surface area contributed by atoms with Crippen LogP contribution in [-0.4, -0.2) is 121 Å². The Morgan fingerprint density at radius 3 is 1.95 bits per heavy atom. The van der Waals surface area contributed by atoms with Crippen molar-refractivity contribution in [3.8, 4) is 5.75 Å². The average Bonchev–Trinajstić information content (AvgIpc) is 3.19. The van der Waals surface area contributed by atoms with Crippen LogP contribution in [0, 0.1) is 0 Å². The Morgan fingerprint density at radius 1 is 0.769 bits per heavy atom. The molecule has 2 fully saturated rings. The van der Waals surface area contributed by atoms with Crippen molar-refractivity contribution in [2.24, 2.45) is 0 Å². The first kappa shape index (κ1) is 33.8. The number of phenolic OH excluding ortho intramolecular Hbond substituents is 1.